The summed E-state index contributed by atoms with van der Waals surface area (Å²) in [6, 6.07) is 0. The Morgan fingerprint density at radius 1 is 1.63 bits per heavy atom. The molecule has 8 heteroatoms. The van der Waals surface area contributed by atoms with Crippen LogP contribution in [0.4, 0.5) is 5.82 Å². The van der Waals surface area contributed by atoms with Gasteiger partial charge in [-0.3, -0.25) is 9.69 Å². The fourth-order valence-electron chi connectivity index (χ4n) is 1.57. The van der Waals surface area contributed by atoms with Crippen molar-refractivity contribution in [3.8, 4) is 0 Å². The lowest BCUT2D eigenvalue weighted by molar-refractivity contribution is -0.392. The molecule has 1 aromatic heterocycles. The second kappa shape index (κ2) is 5.35. The van der Waals surface area contributed by atoms with Gasteiger partial charge in [0.05, 0.1) is 0 Å². The highest BCUT2D eigenvalue weighted by Gasteiger charge is 2.32. The van der Waals surface area contributed by atoms with E-state index in [1.54, 1.807) is 32.7 Å². The average Bonchev–Trinajstić information content (AvgIpc) is 2.67. The Bertz CT molecular complexity index is 495. The third-order valence-corrected chi connectivity index (χ3v) is 3.36. The van der Waals surface area contributed by atoms with Crippen LogP contribution in [0.5, 0.6) is 0 Å². The van der Waals surface area contributed by atoms with Crippen molar-refractivity contribution in [2.45, 2.75) is 32.9 Å². The molecule has 0 aliphatic rings. The van der Waals surface area contributed by atoms with Gasteiger partial charge >= 0.3 is 11.8 Å². The van der Waals surface area contributed by atoms with Crippen molar-refractivity contribution in [1.29, 1.82) is 0 Å². The summed E-state index contributed by atoms with van der Waals surface area (Å²) in [7, 11) is 1.67. The van der Waals surface area contributed by atoms with Crippen molar-refractivity contribution in [3.05, 3.63) is 22.1 Å². The molecule has 0 spiro atoms. The fraction of sp³-hybridized carbons (Fsp3) is 0.636. The van der Waals surface area contributed by atoms with Crippen molar-refractivity contribution < 1.29 is 14.8 Å². The third kappa shape index (κ3) is 3.08. The lowest BCUT2D eigenvalue weighted by Crippen LogP contribution is -2.49. The Morgan fingerprint density at radius 2 is 2.21 bits per heavy atom. The molecule has 106 valence electrons. The van der Waals surface area contributed by atoms with Gasteiger partial charge in [0.2, 0.25) is 0 Å². The van der Waals surface area contributed by atoms with E-state index in [9.17, 15) is 14.9 Å². The van der Waals surface area contributed by atoms with E-state index in [2.05, 4.69) is 4.98 Å². The molecular formula is C11H18N4O4. The standard InChI is InChI=1S/C11H18N4O4/c1-8-12-7-9(15(18)19)14(8)6-5-13(4)11(2,3)10(16)17/h7H,5-6H2,1-4H3,(H,16,17). The SMILES string of the molecule is Cc1ncc([N+](=O)[O-])n1CCN(C)C(C)(C)C(=O)O. The number of imidazole rings is 1. The van der Waals surface area contributed by atoms with Crippen molar-refractivity contribution in [3.63, 3.8) is 0 Å². The Labute approximate surface area is 110 Å². The van der Waals surface area contributed by atoms with Crippen LogP contribution in [0.1, 0.15) is 19.7 Å². The van der Waals surface area contributed by atoms with Crippen LogP contribution in [-0.4, -0.2) is 49.6 Å². The number of carbonyl (C=O) groups is 1. The minimum absolute atomic E-state index is 0.0842. The van der Waals surface area contributed by atoms with E-state index in [1.165, 1.54) is 10.8 Å². The Morgan fingerprint density at radius 3 is 2.68 bits per heavy atom. The molecule has 1 heterocycles. The minimum atomic E-state index is -1.02. The van der Waals surface area contributed by atoms with Gasteiger partial charge in [-0.05, 0) is 25.8 Å². The van der Waals surface area contributed by atoms with E-state index in [1.807, 2.05) is 0 Å². The molecule has 0 amide bonds. The van der Waals surface area contributed by atoms with Crippen LogP contribution in [0, 0.1) is 17.0 Å². The number of carboxylic acids is 1. The second-order valence-electron chi connectivity index (χ2n) is 4.86. The molecule has 0 fully saturated rings. The molecule has 0 atom stereocenters. The summed E-state index contributed by atoms with van der Waals surface area (Å²) in [5.41, 5.74) is -1.02. The number of aromatic nitrogens is 2. The smallest absolute Gasteiger partial charge is 0.342 e. The first kappa shape index (κ1) is 15.1. The molecule has 0 aromatic carbocycles. The maximum absolute atomic E-state index is 11.1. The van der Waals surface area contributed by atoms with E-state index in [4.69, 9.17) is 5.11 Å². The molecule has 0 aliphatic heterocycles. The molecule has 1 rings (SSSR count). The molecular weight excluding hydrogens is 252 g/mol. The van der Waals surface area contributed by atoms with Crippen LogP contribution in [0.15, 0.2) is 6.20 Å². The topological polar surface area (TPSA) is 102 Å². The van der Waals surface area contributed by atoms with E-state index in [0.717, 1.165) is 0 Å². The van der Waals surface area contributed by atoms with Crippen LogP contribution >= 0.6 is 0 Å². The highest BCUT2D eigenvalue weighted by atomic mass is 16.6. The molecule has 0 saturated heterocycles. The zero-order chi connectivity index (χ0) is 14.8. The number of nitro groups is 1. The van der Waals surface area contributed by atoms with Crippen LogP contribution < -0.4 is 0 Å². The first-order chi connectivity index (χ1) is 8.67. The van der Waals surface area contributed by atoms with Crippen LogP contribution in [0.2, 0.25) is 0 Å². The summed E-state index contributed by atoms with van der Waals surface area (Å²) >= 11 is 0. The summed E-state index contributed by atoms with van der Waals surface area (Å²) in [5.74, 6) is -0.487. The number of aliphatic carboxylic acids is 1. The van der Waals surface area contributed by atoms with Gasteiger partial charge in [-0.1, -0.05) is 0 Å². The van der Waals surface area contributed by atoms with Crippen LogP contribution in [0.3, 0.4) is 0 Å². The number of nitrogens with zero attached hydrogens (tertiary/aromatic N) is 4. The van der Waals surface area contributed by atoms with Crippen LogP contribution in [-0.2, 0) is 11.3 Å². The van der Waals surface area contributed by atoms with Gasteiger partial charge in [-0.15, -0.1) is 0 Å². The van der Waals surface area contributed by atoms with Gasteiger partial charge in [0, 0.05) is 13.5 Å². The van der Waals surface area contributed by atoms with E-state index >= 15 is 0 Å². The average molecular weight is 270 g/mol. The number of aryl methyl sites for hydroxylation is 1. The van der Waals surface area contributed by atoms with Crippen molar-refractivity contribution in [2.24, 2.45) is 0 Å². The lowest BCUT2D eigenvalue weighted by Gasteiger charge is -2.30. The first-order valence-electron chi connectivity index (χ1n) is 5.79. The largest absolute Gasteiger partial charge is 0.480 e. The third-order valence-electron chi connectivity index (χ3n) is 3.36. The van der Waals surface area contributed by atoms with Gasteiger partial charge in [-0.2, -0.15) is 0 Å². The molecule has 0 unspecified atom stereocenters. The number of hydrogen-bond acceptors (Lipinski definition) is 5. The van der Waals surface area contributed by atoms with Gasteiger partial charge in [-0.25, -0.2) is 9.55 Å². The van der Waals surface area contributed by atoms with Crippen molar-refractivity contribution >= 4 is 11.8 Å². The molecule has 8 nitrogen and oxygen atoms in total. The fourth-order valence-corrected chi connectivity index (χ4v) is 1.57. The maximum Gasteiger partial charge on any atom is 0.342 e. The van der Waals surface area contributed by atoms with Crippen LogP contribution in [0.25, 0.3) is 0 Å². The summed E-state index contributed by atoms with van der Waals surface area (Å²) in [5, 5.41) is 19.9. The monoisotopic (exact) mass is 270 g/mol. The number of carboxylic acid groups (broad SMARTS) is 1. The zero-order valence-corrected chi connectivity index (χ0v) is 11.5. The Kier molecular flexibility index (Phi) is 4.25. The van der Waals surface area contributed by atoms with Gasteiger partial charge in [0.15, 0.2) is 5.82 Å². The maximum atomic E-state index is 11.1. The predicted octanol–water partition coefficient (Wildman–Crippen LogP) is 0.895. The normalized spacial score (nSPS) is 11.8. The number of rotatable bonds is 6. The van der Waals surface area contributed by atoms with Gasteiger partial charge in [0.25, 0.3) is 0 Å². The van der Waals surface area contributed by atoms with Crippen molar-refractivity contribution in [2.75, 3.05) is 13.6 Å². The lowest BCUT2D eigenvalue weighted by atomic mass is 10.0. The molecule has 0 bridgehead atoms. The molecule has 0 radical (unpaired) electrons. The van der Waals surface area contributed by atoms with E-state index in [0.29, 0.717) is 18.9 Å². The van der Waals surface area contributed by atoms with E-state index in [-0.39, 0.29) is 5.82 Å². The Balaban J connectivity index is 2.80. The highest BCUT2D eigenvalue weighted by molar-refractivity contribution is 5.77. The predicted molar refractivity (Wildman–Crippen MR) is 68.0 cm³/mol. The van der Waals surface area contributed by atoms with Gasteiger partial charge < -0.3 is 15.2 Å². The summed E-state index contributed by atoms with van der Waals surface area (Å²) in [6.07, 6.45) is 1.21. The van der Waals surface area contributed by atoms with Gasteiger partial charge in [0.1, 0.15) is 18.3 Å². The summed E-state index contributed by atoms with van der Waals surface area (Å²) < 4.78 is 1.47. The highest BCUT2D eigenvalue weighted by Crippen LogP contribution is 2.16. The number of hydrogen-bond donors (Lipinski definition) is 1. The zero-order valence-electron chi connectivity index (χ0n) is 11.5. The molecule has 1 N–H and O–H groups in total. The minimum Gasteiger partial charge on any atom is -0.480 e. The summed E-state index contributed by atoms with van der Waals surface area (Å²) in [6.45, 7) is 5.54. The second-order valence-corrected chi connectivity index (χ2v) is 4.86. The quantitative estimate of drug-likeness (QED) is 0.608. The van der Waals surface area contributed by atoms with E-state index < -0.39 is 16.4 Å². The molecule has 0 aliphatic carbocycles. The number of likely N-dealkylation sites (N-methyl/N-ethyl adjacent to an activating group) is 1. The van der Waals surface area contributed by atoms with Crippen molar-refractivity contribution in [1.82, 2.24) is 14.5 Å². The summed E-state index contributed by atoms with van der Waals surface area (Å²) in [4.78, 5) is 27.0. The first-order valence-corrected chi connectivity index (χ1v) is 5.79. The molecule has 19 heavy (non-hydrogen) atoms. The Hall–Kier alpha value is -1.96. The molecule has 0 saturated carbocycles. The molecule has 1 aromatic rings.